The molecule has 0 spiro atoms. The Bertz CT molecular complexity index is 1770. The van der Waals surface area contributed by atoms with Crippen molar-refractivity contribution in [1.82, 2.24) is 10.4 Å². The molecule has 222 valence electrons. The van der Waals surface area contributed by atoms with Crippen LogP contribution in [0.25, 0.3) is 11.3 Å². The van der Waals surface area contributed by atoms with Gasteiger partial charge >= 0.3 is 0 Å². The number of aryl methyl sites for hydroxylation is 2. The number of thiazole rings is 1. The lowest BCUT2D eigenvalue weighted by Gasteiger charge is -2.11. The molecule has 0 fully saturated rings. The van der Waals surface area contributed by atoms with Crippen molar-refractivity contribution < 1.29 is 19.1 Å². The fraction of sp³-hybridized carbons (Fsp3) is 0.118. The summed E-state index contributed by atoms with van der Waals surface area (Å²) in [6.07, 6.45) is 1.50. The zero-order valence-electron chi connectivity index (χ0n) is 24.5. The molecule has 0 aliphatic carbocycles. The van der Waals surface area contributed by atoms with Crippen LogP contribution in [0.4, 0.5) is 16.5 Å². The second-order valence-electron chi connectivity index (χ2n) is 9.92. The van der Waals surface area contributed by atoms with Gasteiger partial charge in [0.1, 0.15) is 0 Å². The Hall–Kier alpha value is -5.48. The molecule has 0 atom stereocenters. The average Bonchev–Trinajstić information content (AvgIpc) is 3.51. The summed E-state index contributed by atoms with van der Waals surface area (Å²) < 4.78 is 11.1. The van der Waals surface area contributed by atoms with Gasteiger partial charge in [0.25, 0.3) is 11.8 Å². The molecule has 5 rings (SSSR count). The van der Waals surface area contributed by atoms with Gasteiger partial charge in [0.2, 0.25) is 0 Å². The molecule has 4 aromatic carbocycles. The highest BCUT2D eigenvalue weighted by Crippen LogP contribution is 2.29. The van der Waals surface area contributed by atoms with Gasteiger partial charge in [-0.3, -0.25) is 9.59 Å². The molecule has 10 heteroatoms. The molecule has 1 heterocycles. The zero-order valence-corrected chi connectivity index (χ0v) is 25.3. The van der Waals surface area contributed by atoms with Gasteiger partial charge in [-0.25, -0.2) is 10.4 Å². The van der Waals surface area contributed by atoms with Gasteiger partial charge in [-0.1, -0.05) is 47.5 Å². The first-order valence-electron chi connectivity index (χ1n) is 13.8. The maximum Gasteiger partial charge on any atom is 0.271 e. The fourth-order valence-corrected chi connectivity index (χ4v) is 4.85. The predicted octanol–water partition coefficient (Wildman–Crippen LogP) is 6.96. The van der Waals surface area contributed by atoms with E-state index in [2.05, 4.69) is 26.1 Å². The summed E-state index contributed by atoms with van der Waals surface area (Å²) in [7, 11) is 1.51. The summed E-state index contributed by atoms with van der Waals surface area (Å²) in [5.41, 5.74) is 9.38. The molecule has 0 radical (unpaired) electrons. The van der Waals surface area contributed by atoms with E-state index in [1.807, 2.05) is 79.9 Å². The Balaban J connectivity index is 1.12. The molecule has 0 unspecified atom stereocenters. The summed E-state index contributed by atoms with van der Waals surface area (Å²) in [6.45, 7) is 3.85. The van der Waals surface area contributed by atoms with E-state index < -0.39 is 0 Å². The van der Waals surface area contributed by atoms with Gasteiger partial charge in [-0.15, -0.1) is 11.3 Å². The van der Waals surface area contributed by atoms with E-state index in [0.29, 0.717) is 28.3 Å². The molecule has 2 amide bonds. The van der Waals surface area contributed by atoms with E-state index in [9.17, 15) is 9.59 Å². The predicted molar refractivity (Wildman–Crippen MR) is 175 cm³/mol. The number of hydrogen-bond acceptors (Lipinski definition) is 8. The van der Waals surface area contributed by atoms with Crippen molar-refractivity contribution >= 4 is 45.9 Å². The Kier molecular flexibility index (Phi) is 9.63. The maximum absolute atomic E-state index is 12.7. The van der Waals surface area contributed by atoms with E-state index >= 15 is 0 Å². The number of amides is 2. The minimum Gasteiger partial charge on any atom is -0.493 e. The minimum absolute atomic E-state index is 0.180. The number of ether oxygens (including phenoxy) is 2. The van der Waals surface area contributed by atoms with Crippen LogP contribution in [0.3, 0.4) is 0 Å². The lowest BCUT2D eigenvalue weighted by atomic mass is 10.1. The number of nitrogens with zero attached hydrogens (tertiary/aromatic N) is 2. The van der Waals surface area contributed by atoms with Crippen molar-refractivity contribution in [3.8, 4) is 22.8 Å². The maximum atomic E-state index is 12.7. The number of methoxy groups -OCH3 is 1. The number of hydrazone groups is 1. The van der Waals surface area contributed by atoms with Crippen LogP contribution in [0.2, 0.25) is 0 Å². The van der Waals surface area contributed by atoms with Crippen molar-refractivity contribution in [1.29, 1.82) is 0 Å². The van der Waals surface area contributed by atoms with Crippen LogP contribution >= 0.6 is 11.3 Å². The highest BCUT2D eigenvalue weighted by Gasteiger charge is 2.10. The van der Waals surface area contributed by atoms with Gasteiger partial charge in [0, 0.05) is 27.9 Å². The van der Waals surface area contributed by atoms with Gasteiger partial charge in [0.15, 0.2) is 23.2 Å². The summed E-state index contributed by atoms with van der Waals surface area (Å²) >= 11 is 1.52. The first-order chi connectivity index (χ1) is 21.4. The molecule has 5 aromatic rings. The Morgan fingerprint density at radius 2 is 1.55 bits per heavy atom. The summed E-state index contributed by atoms with van der Waals surface area (Å²) in [5, 5.41) is 12.9. The lowest BCUT2D eigenvalue weighted by Crippen LogP contribution is -2.20. The Labute approximate surface area is 259 Å². The van der Waals surface area contributed by atoms with Crippen LogP contribution in [0.5, 0.6) is 11.5 Å². The molecule has 0 saturated heterocycles. The fourth-order valence-electron chi connectivity index (χ4n) is 4.11. The summed E-state index contributed by atoms with van der Waals surface area (Å²) in [6, 6.07) is 27.9. The molecule has 0 aliphatic heterocycles. The van der Waals surface area contributed by atoms with Crippen molar-refractivity contribution in [3.05, 3.63) is 119 Å². The third kappa shape index (κ3) is 8.08. The van der Waals surface area contributed by atoms with Crippen LogP contribution in [0, 0.1) is 13.8 Å². The smallest absolute Gasteiger partial charge is 0.271 e. The molecular weight excluding hydrogens is 574 g/mol. The molecule has 0 aliphatic rings. The SMILES string of the molecule is COc1cc(/C=N/NC(=O)c2ccc(-c3csc(Nc4ccc(C)cc4)n3)cc2)ccc1OCC(=O)Nc1ccc(C)cc1. The standard InChI is InChI=1S/C34H31N5O4S/c1-22-4-13-27(14-5-22)36-32(40)20-43-30-17-8-24(18-31(30)42-3)19-35-39-33(41)26-11-9-25(10-12-26)29-21-44-34(38-29)37-28-15-6-23(2)7-16-28/h4-19,21H,20H2,1-3H3,(H,36,40)(H,37,38)(H,39,41)/b35-19+. The third-order valence-corrected chi connectivity index (χ3v) is 7.27. The van der Waals surface area contributed by atoms with Crippen LogP contribution in [-0.2, 0) is 4.79 Å². The van der Waals surface area contributed by atoms with Gasteiger partial charge in [-0.2, -0.15) is 5.10 Å². The lowest BCUT2D eigenvalue weighted by molar-refractivity contribution is -0.118. The molecule has 44 heavy (non-hydrogen) atoms. The second kappa shape index (κ2) is 14.1. The second-order valence-corrected chi connectivity index (χ2v) is 10.8. The van der Waals surface area contributed by atoms with Crippen molar-refractivity contribution in [2.24, 2.45) is 5.10 Å². The highest BCUT2D eigenvalue weighted by molar-refractivity contribution is 7.14. The van der Waals surface area contributed by atoms with Gasteiger partial charge in [-0.05, 0) is 74.0 Å². The molecular formula is C34H31N5O4S. The van der Waals surface area contributed by atoms with Crippen LogP contribution in [0.1, 0.15) is 27.0 Å². The third-order valence-electron chi connectivity index (χ3n) is 6.51. The first kappa shape index (κ1) is 30.0. The van der Waals surface area contributed by atoms with E-state index in [1.165, 1.54) is 30.2 Å². The number of carbonyl (C=O) groups excluding carboxylic acids is 2. The number of anilines is 3. The van der Waals surface area contributed by atoms with Gasteiger partial charge in [0.05, 0.1) is 19.0 Å². The summed E-state index contributed by atoms with van der Waals surface area (Å²) in [5.74, 6) is 0.201. The number of aromatic nitrogens is 1. The first-order valence-corrected chi connectivity index (χ1v) is 14.6. The number of nitrogens with one attached hydrogen (secondary N) is 3. The van der Waals surface area contributed by atoms with E-state index in [4.69, 9.17) is 9.47 Å². The Morgan fingerprint density at radius 3 is 2.23 bits per heavy atom. The minimum atomic E-state index is -0.348. The van der Waals surface area contributed by atoms with Crippen molar-refractivity contribution in [2.45, 2.75) is 13.8 Å². The van der Waals surface area contributed by atoms with Crippen molar-refractivity contribution in [2.75, 3.05) is 24.4 Å². The number of hydrogen-bond donors (Lipinski definition) is 3. The van der Waals surface area contributed by atoms with E-state index in [-0.39, 0.29) is 18.4 Å². The topological polar surface area (TPSA) is 114 Å². The monoisotopic (exact) mass is 605 g/mol. The number of carbonyl (C=O) groups is 2. The molecule has 0 saturated carbocycles. The van der Waals surface area contributed by atoms with Crippen LogP contribution in [-0.4, -0.2) is 36.7 Å². The van der Waals surface area contributed by atoms with E-state index in [1.54, 1.807) is 30.3 Å². The van der Waals surface area contributed by atoms with Crippen molar-refractivity contribution in [3.63, 3.8) is 0 Å². The van der Waals surface area contributed by atoms with Crippen LogP contribution in [0.15, 0.2) is 101 Å². The van der Waals surface area contributed by atoms with E-state index in [0.717, 1.165) is 27.6 Å². The zero-order chi connectivity index (χ0) is 30.9. The number of rotatable bonds is 11. The quantitative estimate of drug-likeness (QED) is 0.111. The normalized spacial score (nSPS) is 10.8. The largest absolute Gasteiger partial charge is 0.493 e. The highest BCUT2D eigenvalue weighted by atomic mass is 32.1. The summed E-state index contributed by atoms with van der Waals surface area (Å²) in [4.78, 5) is 29.6. The molecule has 0 bridgehead atoms. The average molecular weight is 606 g/mol. The van der Waals surface area contributed by atoms with Crippen LogP contribution < -0.4 is 25.5 Å². The molecule has 9 nitrogen and oxygen atoms in total. The number of benzene rings is 4. The molecule has 3 N–H and O–H groups in total. The Morgan fingerprint density at radius 1 is 0.864 bits per heavy atom. The van der Waals surface area contributed by atoms with Gasteiger partial charge < -0.3 is 20.1 Å². The molecule has 1 aromatic heterocycles.